The predicted molar refractivity (Wildman–Crippen MR) is 119 cm³/mol. The monoisotopic (exact) mass is 443 g/mol. The number of halogens is 2. The molecule has 2 aliphatic rings. The van der Waals surface area contributed by atoms with E-state index in [2.05, 4.69) is 13.8 Å². The molecular weight excluding hydrogens is 421 g/mol. The van der Waals surface area contributed by atoms with Gasteiger partial charge in [-0.15, -0.1) is 0 Å². The number of para-hydroxylation sites is 1. The highest BCUT2D eigenvalue weighted by atomic mass is 35.5. The number of rotatable bonds is 3. The number of ketones is 1. The lowest BCUT2D eigenvalue weighted by Crippen LogP contribution is -2.43. The number of hydrogen-bond donors (Lipinski definition) is 0. The van der Waals surface area contributed by atoms with Gasteiger partial charge in [-0.05, 0) is 36.1 Å². The van der Waals surface area contributed by atoms with Crippen molar-refractivity contribution < 1.29 is 14.3 Å². The average molecular weight is 444 g/mol. The van der Waals surface area contributed by atoms with Crippen LogP contribution in [0.3, 0.4) is 0 Å². The van der Waals surface area contributed by atoms with Gasteiger partial charge in [0.25, 0.3) is 0 Å². The summed E-state index contributed by atoms with van der Waals surface area (Å²) in [5, 5.41) is 0.890. The number of nitrogens with zero attached hydrogens (tertiary/aromatic N) is 1. The van der Waals surface area contributed by atoms with Crippen LogP contribution in [0.15, 0.2) is 53.7 Å². The third kappa shape index (κ3) is 3.75. The van der Waals surface area contributed by atoms with E-state index in [0.717, 1.165) is 11.3 Å². The van der Waals surface area contributed by atoms with Gasteiger partial charge in [0.1, 0.15) is 5.75 Å². The molecule has 1 aliphatic heterocycles. The predicted octanol–water partition coefficient (Wildman–Crippen LogP) is 6.17. The van der Waals surface area contributed by atoms with Crippen molar-refractivity contribution in [3.8, 4) is 5.75 Å². The van der Waals surface area contributed by atoms with Crippen molar-refractivity contribution in [3.05, 3.63) is 69.3 Å². The van der Waals surface area contributed by atoms with Gasteiger partial charge in [0, 0.05) is 45.6 Å². The molecule has 0 bridgehead atoms. The lowest BCUT2D eigenvalue weighted by atomic mass is 9.69. The molecule has 1 amide bonds. The molecule has 6 heteroatoms. The quantitative estimate of drug-likeness (QED) is 0.569. The maximum atomic E-state index is 13.4. The van der Waals surface area contributed by atoms with Crippen LogP contribution in [0.4, 0.5) is 5.69 Å². The van der Waals surface area contributed by atoms with E-state index in [9.17, 15) is 9.59 Å². The second kappa shape index (κ2) is 7.75. The van der Waals surface area contributed by atoms with E-state index in [1.807, 2.05) is 24.3 Å². The van der Waals surface area contributed by atoms with E-state index in [-0.39, 0.29) is 29.4 Å². The Bertz CT molecular complexity index is 1050. The number of carbonyl (C=O) groups is 2. The number of methoxy groups -OCH3 is 1. The molecule has 0 aromatic heterocycles. The van der Waals surface area contributed by atoms with Crippen LogP contribution in [-0.2, 0) is 9.59 Å². The molecular formula is C24H23Cl2NO3. The molecule has 1 atom stereocenters. The molecule has 30 heavy (non-hydrogen) atoms. The molecule has 0 N–H and O–H groups in total. The lowest BCUT2D eigenvalue weighted by Gasteiger charge is -2.43. The zero-order valence-electron chi connectivity index (χ0n) is 17.2. The number of allylic oxidation sites excluding steroid dienone is 2. The van der Waals surface area contributed by atoms with Crippen LogP contribution in [0, 0.1) is 5.41 Å². The van der Waals surface area contributed by atoms with Crippen molar-refractivity contribution in [2.24, 2.45) is 5.41 Å². The number of Topliss-reactive ketones (excluding diaryl/α,β-unsaturated/α-hetero) is 1. The zero-order valence-corrected chi connectivity index (χ0v) is 18.7. The highest BCUT2D eigenvalue weighted by molar-refractivity contribution is 6.35. The Labute approximate surface area is 186 Å². The van der Waals surface area contributed by atoms with E-state index in [0.29, 0.717) is 39.9 Å². The minimum absolute atomic E-state index is 0.0720. The van der Waals surface area contributed by atoms with Gasteiger partial charge in [-0.2, -0.15) is 0 Å². The Morgan fingerprint density at radius 1 is 1.03 bits per heavy atom. The van der Waals surface area contributed by atoms with Gasteiger partial charge >= 0.3 is 0 Å². The summed E-state index contributed by atoms with van der Waals surface area (Å²) in [5.74, 6) is 0.327. The fraction of sp³-hybridized carbons (Fsp3) is 0.333. The Hall–Kier alpha value is -2.30. The lowest BCUT2D eigenvalue weighted by molar-refractivity contribution is -0.121. The third-order valence-corrected chi connectivity index (χ3v) is 6.20. The Balaban J connectivity index is 1.94. The molecule has 4 nitrogen and oxygen atoms in total. The SMILES string of the molecule is COc1ccccc1C1CC(=O)N(c2cc(Cl)cc(Cl)c2)C2=C1C(=O)CC(C)(C)C2. The summed E-state index contributed by atoms with van der Waals surface area (Å²) in [5.41, 5.74) is 2.63. The van der Waals surface area contributed by atoms with Gasteiger partial charge < -0.3 is 4.74 Å². The molecule has 1 heterocycles. The summed E-state index contributed by atoms with van der Waals surface area (Å²) in [6, 6.07) is 12.6. The van der Waals surface area contributed by atoms with Crippen molar-refractivity contribution in [1.29, 1.82) is 0 Å². The molecule has 0 saturated heterocycles. The molecule has 156 valence electrons. The normalized spacial score (nSPS) is 21.0. The van der Waals surface area contributed by atoms with E-state index in [1.165, 1.54) is 0 Å². The average Bonchev–Trinajstić information content (AvgIpc) is 2.65. The number of anilines is 1. The smallest absolute Gasteiger partial charge is 0.232 e. The molecule has 2 aromatic rings. The zero-order chi connectivity index (χ0) is 21.6. The second-order valence-corrected chi connectivity index (χ2v) is 9.53. The van der Waals surface area contributed by atoms with Gasteiger partial charge in [0.05, 0.1) is 12.8 Å². The van der Waals surface area contributed by atoms with Gasteiger partial charge in [-0.25, -0.2) is 0 Å². The summed E-state index contributed by atoms with van der Waals surface area (Å²) in [6.07, 6.45) is 1.22. The Kier molecular flexibility index (Phi) is 5.41. The van der Waals surface area contributed by atoms with Crippen LogP contribution in [-0.4, -0.2) is 18.8 Å². The second-order valence-electron chi connectivity index (χ2n) is 8.66. The van der Waals surface area contributed by atoms with Crippen LogP contribution in [0.1, 0.15) is 44.6 Å². The van der Waals surface area contributed by atoms with Gasteiger partial charge in [0.15, 0.2) is 5.78 Å². The van der Waals surface area contributed by atoms with E-state index < -0.39 is 0 Å². The molecule has 1 aliphatic carbocycles. The number of hydrogen-bond acceptors (Lipinski definition) is 3. The highest BCUT2D eigenvalue weighted by Crippen LogP contribution is 2.49. The van der Waals surface area contributed by atoms with Crippen molar-refractivity contribution in [2.45, 2.75) is 39.0 Å². The van der Waals surface area contributed by atoms with Gasteiger partial charge in [-0.3, -0.25) is 14.5 Å². The Morgan fingerprint density at radius 3 is 2.37 bits per heavy atom. The van der Waals surface area contributed by atoms with Crippen LogP contribution >= 0.6 is 23.2 Å². The molecule has 0 saturated carbocycles. The first-order chi connectivity index (χ1) is 14.2. The first kappa shape index (κ1) is 21.0. The van der Waals surface area contributed by atoms with Crippen molar-refractivity contribution in [1.82, 2.24) is 0 Å². The van der Waals surface area contributed by atoms with E-state index in [1.54, 1.807) is 30.2 Å². The summed E-state index contributed by atoms with van der Waals surface area (Å²) in [7, 11) is 1.60. The van der Waals surface area contributed by atoms with Gasteiger partial charge in [-0.1, -0.05) is 55.2 Å². The molecule has 2 aromatic carbocycles. The molecule has 0 spiro atoms. The van der Waals surface area contributed by atoms with Gasteiger partial charge in [0.2, 0.25) is 5.91 Å². The minimum Gasteiger partial charge on any atom is -0.496 e. The van der Waals surface area contributed by atoms with Crippen LogP contribution in [0.2, 0.25) is 10.0 Å². The number of carbonyl (C=O) groups excluding carboxylic acids is 2. The third-order valence-electron chi connectivity index (χ3n) is 5.76. The van der Waals surface area contributed by atoms with E-state index >= 15 is 0 Å². The number of amides is 1. The maximum absolute atomic E-state index is 13.4. The minimum atomic E-state index is -0.335. The molecule has 1 unspecified atom stereocenters. The van der Waals surface area contributed by atoms with Crippen molar-refractivity contribution in [3.63, 3.8) is 0 Å². The highest BCUT2D eigenvalue weighted by Gasteiger charge is 2.45. The molecule has 0 fully saturated rings. The first-order valence-electron chi connectivity index (χ1n) is 9.88. The standard InChI is InChI=1S/C24H23Cl2NO3/c1-24(2)12-19-23(20(28)13-24)18(17-6-4-5-7-21(17)30-3)11-22(29)27(19)16-9-14(25)8-15(26)10-16/h4-10,18H,11-13H2,1-3H3. The summed E-state index contributed by atoms with van der Waals surface area (Å²) in [6.45, 7) is 4.10. The van der Waals surface area contributed by atoms with Crippen molar-refractivity contribution in [2.75, 3.05) is 12.0 Å². The van der Waals surface area contributed by atoms with Crippen LogP contribution in [0.5, 0.6) is 5.75 Å². The fourth-order valence-electron chi connectivity index (χ4n) is 4.60. The topological polar surface area (TPSA) is 46.6 Å². The summed E-state index contributed by atoms with van der Waals surface area (Å²) < 4.78 is 5.54. The van der Waals surface area contributed by atoms with Crippen LogP contribution in [0.25, 0.3) is 0 Å². The Morgan fingerprint density at radius 2 is 1.70 bits per heavy atom. The summed E-state index contributed by atoms with van der Waals surface area (Å²) in [4.78, 5) is 28.4. The fourth-order valence-corrected chi connectivity index (χ4v) is 5.12. The van der Waals surface area contributed by atoms with E-state index in [4.69, 9.17) is 27.9 Å². The first-order valence-corrected chi connectivity index (χ1v) is 10.6. The molecule has 4 rings (SSSR count). The largest absolute Gasteiger partial charge is 0.496 e. The number of ether oxygens (including phenoxy) is 1. The van der Waals surface area contributed by atoms with Crippen molar-refractivity contribution >= 4 is 40.6 Å². The molecule has 0 radical (unpaired) electrons. The summed E-state index contributed by atoms with van der Waals surface area (Å²) >= 11 is 12.4. The van der Waals surface area contributed by atoms with Crippen LogP contribution < -0.4 is 9.64 Å². The number of benzene rings is 2. The maximum Gasteiger partial charge on any atom is 0.232 e.